The molecule has 0 bridgehead atoms. The molecule has 0 aliphatic rings. The van der Waals surface area contributed by atoms with Crippen LogP contribution >= 0.6 is 11.6 Å². The second-order valence-electron chi connectivity index (χ2n) is 6.21. The van der Waals surface area contributed by atoms with Crippen LogP contribution in [0.15, 0.2) is 67.1 Å². The molecule has 2 N–H and O–H groups in total. The zero-order chi connectivity index (χ0) is 19.5. The highest BCUT2D eigenvalue weighted by Gasteiger charge is 2.12. The van der Waals surface area contributed by atoms with Crippen LogP contribution in [-0.4, -0.2) is 20.9 Å². The molecule has 2 aromatic heterocycles. The molecular weight excluding hydrogens is 374 g/mol. The topological polar surface area (TPSA) is 79.8 Å². The Kier molecular flexibility index (Phi) is 4.87. The molecule has 0 atom stereocenters. The van der Waals surface area contributed by atoms with Crippen LogP contribution in [0.1, 0.15) is 16.1 Å². The van der Waals surface area contributed by atoms with Gasteiger partial charge >= 0.3 is 0 Å². The third-order valence-corrected chi connectivity index (χ3v) is 4.48. The second kappa shape index (κ2) is 7.62. The molecule has 7 heteroatoms. The minimum absolute atomic E-state index is 0.241. The summed E-state index contributed by atoms with van der Waals surface area (Å²) in [4.78, 5) is 25.3. The highest BCUT2D eigenvalue weighted by atomic mass is 35.5. The molecule has 0 saturated carbocycles. The molecule has 0 saturated heterocycles. The zero-order valence-corrected chi connectivity index (χ0v) is 15.7. The highest BCUT2D eigenvalue weighted by molar-refractivity contribution is 6.30. The number of nitrogens with zero attached hydrogens (tertiary/aromatic N) is 3. The molecule has 28 heavy (non-hydrogen) atoms. The number of hydrogen-bond donors (Lipinski definition) is 2. The lowest BCUT2D eigenvalue weighted by molar-refractivity contribution is 0.102. The van der Waals surface area contributed by atoms with Gasteiger partial charge in [-0.1, -0.05) is 35.9 Å². The lowest BCUT2D eigenvalue weighted by atomic mass is 10.2. The summed E-state index contributed by atoms with van der Waals surface area (Å²) in [6.45, 7) is 1.96. The van der Waals surface area contributed by atoms with Crippen LogP contribution in [0.5, 0.6) is 0 Å². The fraction of sp³-hybridized carbons (Fsp3) is 0.0476. The van der Waals surface area contributed by atoms with E-state index in [9.17, 15) is 4.79 Å². The average Bonchev–Trinajstić information content (AvgIpc) is 2.71. The summed E-state index contributed by atoms with van der Waals surface area (Å²) in [6.07, 6.45) is 3.04. The predicted octanol–water partition coefficient (Wildman–Crippen LogP) is 4.98. The third-order valence-electron chi connectivity index (χ3n) is 4.24. The first kappa shape index (κ1) is 17.9. The van der Waals surface area contributed by atoms with Gasteiger partial charge in [-0.15, -0.1) is 0 Å². The average molecular weight is 390 g/mol. The first-order chi connectivity index (χ1) is 13.6. The van der Waals surface area contributed by atoms with Crippen molar-refractivity contribution in [2.75, 3.05) is 10.6 Å². The summed E-state index contributed by atoms with van der Waals surface area (Å²) in [5.74, 6) is 0.160. The number of fused-ring (bicyclic) bond motifs is 1. The van der Waals surface area contributed by atoms with Crippen LogP contribution in [0.3, 0.4) is 0 Å². The van der Waals surface area contributed by atoms with Gasteiger partial charge in [0.15, 0.2) is 0 Å². The molecule has 0 fully saturated rings. The molecule has 138 valence electrons. The quantitative estimate of drug-likeness (QED) is 0.514. The molecule has 0 unspecified atom stereocenters. The van der Waals surface area contributed by atoms with E-state index in [-0.39, 0.29) is 11.6 Å². The monoisotopic (exact) mass is 389 g/mol. The number of aryl methyl sites for hydroxylation is 1. The summed E-state index contributed by atoms with van der Waals surface area (Å²) in [5, 5.41) is 7.61. The molecule has 6 nitrogen and oxygen atoms in total. The van der Waals surface area contributed by atoms with Crippen molar-refractivity contribution in [1.29, 1.82) is 0 Å². The summed E-state index contributed by atoms with van der Waals surface area (Å²) < 4.78 is 0. The van der Waals surface area contributed by atoms with Crippen LogP contribution in [-0.2, 0) is 0 Å². The number of carbonyl (C=O) groups excluding carboxylic acids is 1. The van der Waals surface area contributed by atoms with Crippen molar-refractivity contribution in [1.82, 2.24) is 15.0 Å². The van der Waals surface area contributed by atoms with Crippen LogP contribution < -0.4 is 10.6 Å². The van der Waals surface area contributed by atoms with Gasteiger partial charge in [-0.2, -0.15) is 0 Å². The van der Waals surface area contributed by atoms with Gasteiger partial charge in [0.2, 0.25) is 0 Å². The minimum Gasteiger partial charge on any atom is -0.340 e. The molecule has 4 rings (SSSR count). The number of benzene rings is 2. The van der Waals surface area contributed by atoms with E-state index in [0.29, 0.717) is 16.5 Å². The van der Waals surface area contributed by atoms with Crippen molar-refractivity contribution < 1.29 is 4.79 Å². The van der Waals surface area contributed by atoms with E-state index in [1.54, 1.807) is 18.3 Å². The van der Waals surface area contributed by atoms with Crippen LogP contribution in [0, 0.1) is 6.92 Å². The first-order valence-electron chi connectivity index (χ1n) is 8.60. The summed E-state index contributed by atoms with van der Waals surface area (Å²) >= 11 is 6.06. The normalized spacial score (nSPS) is 10.6. The van der Waals surface area contributed by atoms with Gasteiger partial charge in [0.05, 0.1) is 11.2 Å². The molecule has 2 heterocycles. The number of rotatable bonds is 4. The van der Waals surface area contributed by atoms with Gasteiger partial charge in [0.1, 0.15) is 17.8 Å². The largest absolute Gasteiger partial charge is 0.340 e. The Morgan fingerprint density at radius 2 is 1.82 bits per heavy atom. The van der Waals surface area contributed by atoms with Crippen LogP contribution in [0.2, 0.25) is 5.02 Å². The van der Waals surface area contributed by atoms with E-state index in [2.05, 4.69) is 25.6 Å². The van der Waals surface area contributed by atoms with Gasteiger partial charge in [-0.05, 0) is 36.8 Å². The van der Waals surface area contributed by atoms with E-state index in [1.807, 2.05) is 49.4 Å². The lowest BCUT2D eigenvalue weighted by Gasteiger charge is -2.11. The molecule has 2 aromatic carbocycles. The fourth-order valence-corrected chi connectivity index (χ4v) is 2.98. The SMILES string of the molecule is Cc1ccc(Cl)cc1Nc1cc(C(=O)Nc2cccc3cccnc23)ncn1. The fourth-order valence-electron chi connectivity index (χ4n) is 2.81. The van der Waals surface area contributed by atoms with Crippen molar-refractivity contribution in [3.8, 4) is 0 Å². The van der Waals surface area contributed by atoms with E-state index >= 15 is 0 Å². The minimum atomic E-state index is -0.341. The standard InChI is InChI=1S/C21H16ClN5O/c1-13-7-8-15(22)10-17(13)26-19-11-18(24-12-25-19)21(28)27-16-6-2-4-14-5-3-9-23-20(14)16/h2-12H,1H3,(H,27,28)(H,24,25,26). The Balaban J connectivity index is 1.58. The summed E-state index contributed by atoms with van der Waals surface area (Å²) in [6, 6.07) is 16.5. The molecule has 0 aliphatic heterocycles. The molecule has 0 radical (unpaired) electrons. The predicted molar refractivity (Wildman–Crippen MR) is 111 cm³/mol. The number of nitrogens with one attached hydrogen (secondary N) is 2. The van der Waals surface area contributed by atoms with Gasteiger partial charge in [-0.25, -0.2) is 9.97 Å². The maximum Gasteiger partial charge on any atom is 0.274 e. The Morgan fingerprint density at radius 1 is 0.964 bits per heavy atom. The zero-order valence-electron chi connectivity index (χ0n) is 15.0. The van der Waals surface area contributed by atoms with Crippen LogP contribution in [0.4, 0.5) is 17.2 Å². The van der Waals surface area contributed by atoms with Crippen molar-refractivity contribution >= 4 is 45.6 Å². The van der Waals surface area contributed by atoms with E-state index in [1.165, 1.54) is 6.33 Å². The Hall–Kier alpha value is -3.51. The van der Waals surface area contributed by atoms with Crippen molar-refractivity contribution in [3.63, 3.8) is 0 Å². The van der Waals surface area contributed by atoms with Crippen molar-refractivity contribution in [2.24, 2.45) is 0 Å². The summed E-state index contributed by atoms with van der Waals surface area (Å²) in [5.41, 5.74) is 3.42. The number of halogens is 1. The Morgan fingerprint density at radius 3 is 2.71 bits per heavy atom. The van der Waals surface area contributed by atoms with Gasteiger partial charge < -0.3 is 10.6 Å². The van der Waals surface area contributed by atoms with Crippen molar-refractivity contribution in [2.45, 2.75) is 6.92 Å². The first-order valence-corrected chi connectivity index (χ1v) is 8.98. The number of carbonyl (C=O) groups is 1. The third kappa shape index (κ3) is 3.77. The molecule has 1 amide bonds. The lowest BCUT2D eigenvalue weighted by Crippen LogP contribution is -2.14. The van der Waals surface area contributed by atoms with E-state index in [4.69, 9.17) is 11.6 Å². The van der Waals surface area contributed by atoms with Crippen LogP contribution in [0.25, 0.3) is 10.9 Å². The number of pyridine rings is 1. The number of hydrogen-bond acceptors (Lipinski definition) is 5. The van der Waals surface area contributed by atoms with Gasteiger partial charge in [0.25, 0.3) is 5.91 Å². The number of anilines is 3. The number of aromatic nitrogens is 3. The molecule has 4 aromatic rings. The number of amides is 1. The van der Waals surface area contributed by atoms with Gasteiger partial charge in [0, 0.05) is 28.4 Å². The maximum atomic E-state index is 12.7. The molecular formula is C21H16ClN5O. The second-order valence-corrected chi connectivity index (χ2v) is 6.64. The van der Waals surface area contributed by atoms with Crippen molar-refractivity contribution in [3.05, 3.63) is 83.4 Å². The highest BCUT2D eigenvalue weighted by Crippen LogP contribution is 2.24. The Bertz CT molecular complexity index is 1170. The Labute approximate surface area is 166 Å². The smallest absolute Gasteiger partial charge is 0.274 e. The molecule has 0 spiro atoms. The van der Waals surface area contributed by atoms with E-state index in [0.717, 1.165) is 22.2 Å². The number of para-hydroxylation sites is 1. The van der Waals surface area contributed by atoms with E-state index < -0.39 is 0 Å². The maximum absolute atomic E-state index is 12.7. The van der Waals surface area contributed by atoms with Gasteiger partial charge in [-0.3, -0.25) is 9.78 Å². The molecule has 0 aliphatic carbocycles. The summed E-state index contributed by atoms with van der Waals surface area (Å²) in [7, 11) is 0.